The molecule has 0 unspecified atom stereocenters. The molecule has 0 saturated carbocycles. The van der Waals surface area contributed by atoms with Gasteiger partial charge in [-0.25, -0.2) is 9.59 Å². The molecule has 0 amide bonds. The number of carbonyl (C=O) groups is 2. The molecule has 0 fully saturated rings. The van der Waals surface area contributed by atoms with Gasteiger partial charge in [0, 0.05) is 23.2 Å². The Hall–Kier alpha value is -2.43. The van der Waals surface area contributed by atoms with E-state index in [-0.39, 0.29) is 5.56 Å². The summed E-state index contributed by atoms with van der Waals surface area (Å²) in [5.74, 6) is -1.04. The summed E-state index contributed by atoms with van der Waals surface area (Å²) in [4.78, 5) is 27.3. The summed E-state index contributed by atoms with van der Waals surface area (Å²) in [6.45, 7) is 0. The maximum Gasteiger partial charge on any atom is 0.340 e. The van der Waals surface area contributed by atoms with E-state index in [1.165, 1.54) is 20.4 Å². The van der Waals surface area contributed by atoms with Crippen molar-refractivity contribution in [3.05, 3.63) is 41.7 Å². The first-order valence-corrected chi connectivity index (χ1v) is 5.22. The highest BCUT2D eigenvalue weighted by molar-refractivity contribution is 6.12. The van der Waals surface area contributed by atoms with Crippen molar-refractivity contribution in [3.63, 3.8) is 0 Å². The quantitative estimate of drug-likeness (QED) is 0.755. The van der Waals surface area contributed by atoms with Crippen LogP contribution in [-0.2, 0) is 9.47 Å². The van der Waals surface area contributed by atoms with Gasteiger partial charge in [-0.05, 0) is 6.07 Å². The molecule has 0 bridgehead atoms. The van der Waals surface area contributed by atoms with Gasteiger partial charge in [0.05, 0.1) is 25.3 Å². The van der Waals surface area contributed by atoms with Gasteiger partial charge in [0.15, 0.2) is 0 Å². The monoisotopic (exact) mass is 245 g/mol. The van der Waals surface area contributed by atoms with Crippen molar-refractivity contribution in [2.75, 3.05) is 14.2 Å². The molecular formula is C13H11NO4. The molecule has 18 heavy (non-hydrogen) atoms. The van der Waals surface area contributed by atoms with E-state index in [0.29, 0.717) is 16.3 Å². The zero-order valence-electron chi connectivity index (χ0n) is 9.97. The Labute approximate surface area is 103 Å². The standard InChI is InChI=1S/C13H11NO4/c1-17-12(15)9-5-3-4-8-6-14-7-10(11(8)9)13(16)18-2/h3-7H,1-2H3. The van der Waals surface area contributed by atoms with Gasteiger partial charge in [0.25, 0.3) is 0 Å². The molecule has 0 aliphatic carbocycles. The summed E-state index contributed by atoms with van der Waals surface area (Å²) in [6, 6.07) is 5.07. The highest BCUT2D eigenvalue weighted by Crippen LogP contribution is 2.23. The minimum atomic E-state index is -0.538. The summed E-state index contributed by atoms with van der Waals surface area (Å²) >= 11 is 0. The van der Waals surface area contributed by atoms with Crippen LogP contribution in [0.1, 0.15) is 20.7 Å². The molecule has 0 radical (unpaired) electrons. The van der Waals surface area contributed by atoms with Crippen molar-refractivity contribution in [2.24, 2.45) is 0 Å². The number of ether oxygens (including phenoxy) is 2. The van der Waals surface area contributed by atoms with Gasteiger partial charge in [0.2, 0.25) is 0 Å². The number of hydrogen-bond donors (Lipinski definition) is 0. The van der Waals surface area contributed by atoms with E-state index < -0.39 is 11.9 Å². The van der Waals surface area contributed by atoms with E-state index >= 15 is 0 Å². The second-order valence-electron chi connectivity index (χ2n) is 3.57. The molecule has 0 atom stereocenters. The van der Waals surface area contributed by atoms with E-state index in [4.69, 9.17) is 4.74 Å². The second-order valence-corrected chi connectivity index (χ2v) is 3.57. The van der Waals surface area contributed by atoms with Gasteiger partial charge in [-0.3, -0.25) is 4.98 Å². The number of esters is 2. The lowest BCUT2D eigenvalue weighted by atomic mass is 10.0. The predicted octanol–water partition coefficient (Wildman–Crippen LogP) is 1.81. The predicted molar refractivity (Wildman–Crippen MR) is 64.4 cm³/mol. The van der Waals surface area contributed by atoms with Crippen molar-refractivity contribution < 1.29 is 19.1 Å². The molecule has 5 nitrogen and oxygen atoms in total. The molecule has 2 aromatic rings. The number of benzene rings is 1. The smallest absolute Gasteiger partial charge is 0.340 e. The Morgan fingerprint density at radius 1 is 1.00 bits per heavy atom. The Bertz CT molecular complexity index is 571. The molecule has 0 aliphatic heterocycles. The van der Waals surface area contributed by atoms with Gasteiger partial charge in [-0.2, -0.15) is 0 Å². The third-order valence-electron chi connectivity index (χ3n) is 2.59. The van der Waals surface area contributed by atoms with Crippen LogP contribution in [0.4, 0.5) is 0 Å². The third kappa shape index (κ3) is 1.90. The van der Waals surface area contributed by atoms with Crippen LogP contribution in [0.2, 0.25) is 0 Å². The highest BCUT2D eigenvalue weighted by atomic mass is 16.5. The molecule has 2 rings (SSSR count). The van der Waals surface area contributed by atoms with Gasteiger partial charge in [-0.15, -0.1) is 0 Å². The lowest BCUT2D eigenvalue weighted by Crippen LogP contribution is -2.08. The van der Waals surface area contributed by atoms with Crippen LogP contribution in [0.5, 0.6) is 0 Å². The minimum Gasteiger partial charge on any atom is -0.465 e. The van der Waals surface area contributed by atoms with Crippen LogP contribution in [0.25, 0.3) is 10.8 Å². The van der Waals surface area contributed by atoms with Crippen molar-refractivity contribution in [1.29, 1.82) is 0 Å². The Morgan fingerprint density at radius 3 is 2.33 bits per heavy atom. The van der Waals surface area contributed by atoms with Gasteiger partial charge in [0.1, 0.15) is 0 Å². The molecule has 5 heteroatoms. The first-order valence-electron chi connectivity index (χ1n) is 5.22. The van der Waals surface area contributed by atoms with Crippen LogP contribution in [0.15, 0.2) is 30.6 Å². The average Bonchev–Trinajstić information content (AvgIpc) is 2.44. The topological polar surface area (TPSA) is 65.5 Å². The Balaban J connectivity index is 2.80. The second kappa shape index (κ2) is 4.83. The fourth-order valence-electron chi connectivity index (χ4n) is 1.78. The van der Waals surface area contributed by atoms with E-state index in [1.807, 2.05) is 0 Å². The van der Waals surface area contributed by atoms with E-state index in [9.17, 15) is 9.59 Å². The van der Waals surface area contributed by atoms with Crippen molar-refractivity contribution in [1.82, 2.24) is 4.98 Å². The average molecular weight is 245 g/mol. The number of rotatable bonds is 2. The summed E-state index contributed by atoms with van der Waals surface area (Å²) < 4.78 is 9.38. The van der Waals surface area contributed by atoms with Crippen molar-refractivity contribution in [3.8, 4) is 0 Å². The molecule has 92 valence electrons. The van der Waals surface area contributed by atoms with Crippen LogP contribution in [-0.4, -0.2) is 31.1 Å². The Morgan fingerprint density at radius 2 is 1.67 bits per heavy atom. The van der Waals surface area contributed by atoms with E-state index in [2.05, 4.69) is 9.72 Å². The van der Waals surface area contributed by atoms with Crippen molar-refractivity contribution in [2.45, 2.75) is 0 Å². The molecule has 0 saturated heterocycles. The van der Waals surface area contributed by atoms with Crippen LogP contribution < -0.4 is 0 Å². The lowest BCUT2D eigenvalue weighted by Gasteiger charge is -2.08. The molecule has 0 N–H and O–H groups in total. The number of hydrogen-bond acceptors (Lipinski definition) is 5. The summed E-state index contributed by atoms with van der Waals surface area (Å²) in [7, 11) is 2.57. The Kier molecular flexibility index (Phi) is 3.23. The highest BCUT2D eigenvalue weighted by Gasteiger charge is 2.17. The molecule has 0 aliphatic rings. The molecule has 0 spiro atoms. The van der Waals surface area contributed by atoms with Crippen LogP contribution in [0.3, 0.4) is 0 Å². The largest absolute Gasteiger partial charge is 0.465 e. The number of fused-ring (bicyclic) bond motifs is 1. The number of carbonyl (C=O) groups excluding carboxylic acids is 2. The fourth-order valence-corrected chi connectivity index (χ4v) is 1.78. The summed E-state index contributed by atoms with van der Waals surface area (Å²) in [6.07, 6.45) is 2.95. The molecule has 1 aromatic carbocycles. The normalized spacial score (nSPS) is 10.1. The SMILES string of the molecule is COC(=O)c1cccc2cncc(C(=O)OC)c12. The molecular weight excluding hydrogens is 234 g/mol. The number of methoxy groups -OCH3 is 2. The first kappa shape index (κ1) is 12.0. The molecule has 1 aromatic heterocycles. The zero-order valence-corrected chi connectivity index (χ0v) is 9.97. The van der Waals surface area contributed by atoms with Gasteiger partial charge < -0.3 is 9.47 Å². The fraction of sp³-hybridized carbons (Fsp3) is 0.154. The molecule has 1 heterocycles. The summed E-state index contributed by atoms with van der Waals surface area (Å²) in [5.41, 5.74) is 0.564. The van der Waals surface area contributed by atoms with Gasteiger partial charge in [-0.1, -0.05) is 12.1 Å². The number of pyridine rings is 1. The maximum absolute atomic E-state index is 11.7. The van der Waals surface area contributed by atoms with Crippen LogP contribution >= 0.6 is 0 Å². The number of aromatic nitrogens is 1. The number of nitrogens with zero attached hydrogens (tertiary/aromatic N) is 1. The summed E-state index contributed by atoms with van der Waals surface area (Å²) in [5, 5.41) is 1.17. The minimum absolute atomic E-state index is 0.246. The van der Waals surface area contributed by atoms with E-state index in [0.717, 1.165) is 0 Å². The third-order valence-corrected chi connectivity index (χ3v) is 2.59. The maximum atomic E-state index is 11.7. The van der Waals surface area contributed by atoms with Gasteiger partial charge >= 0.3 is 11.9 Å². The lowest BCUT2D eigenvalue weighted by molar-refractivity contribution is 0.0601. The van der Waals surface area contributed by atoms with Crippen molar-refractivity contribution >= 4 is 22.7 Å². The van der Waals surface area contributed by atoms with E-state index in [1.54, 1.807) is 24.4 Å². The zero-order chi connectivity index (χ0) is 13.1. The first-order chi connectivity index (χ1) is 8.69. The van der Waals surface area contributed by atoms with Crippen LogP contribution in [0, 0.1) is 0 Å².